The van der Waals surface area contributed by atoms with Crippen molar-refractivity contribution in [3.05, 3.63) is 23.5 Å². The Morgan fingerprint density at radius 3 is 2.50 bits per heavy atom. The van der Waals surface area contributed by atoms with Crippen LogP contribution >= 0.6 is 0 Å². The predicted molar refractivity (Wildman–Crippen MR) is 48.7 cm³/mol. The first-order valence-corrected chi connectivity index (χ1v) is 3.93. The summed E-state index contributed by atoms with van der Waals surface area (Å²) in [6.45, 7) is -0.525. The summed E-state index contributed by atoms with van der Waals surface area (Å²) in [7, 11) is -0.558. The lowest BCUT2D eigenvalue weighted by molar-refractivity contribution is 0.275. The van der Waals surface area contributed by atoms with Gasteiger partial charge in [0.05, 0.1) is 13.7 Å². The van der Waals surface area contributed by atoms with E-state index in [0.717, 1.165) is 0 Å². The van der Waals surface area contributed by atoms with Crippen molar-refractivity contribution in [2.75, 3.05) is 7.11 Å². The molecule has 0 aliphatic rings. The summed E-state index contributed by atoms with van der Waals surface area (Å²) in [5, 5.41) is 26.4. The summed E-state index contributed by atoms with van der Waals surface area (Å²) < 4.78 is 18.1. The minimum atomic E-state index is -1.92. The van der Waals surface area contributed by atoms with Crippen LogP contribution in [0.5, 0.6) is 5.75 Å². The summed E-state index contributed by atoms with van der Waals surface area (Å²) in [5.74, 6) is -0.568. The van der Waals surface area contributed by atoms with Crippen LogP contribution in [0, 0.1) is 5.82 Å². The van der Waals surface area contributed by atoms with Crippen molar-refractivity contribution in [2.24, 2.45) is 0 Å². The third-order valence-electron chi connectivity index (χ3n) is 1.83. The van der Waals surface area contributed by atoms with Crippen molar-refractivity contribution in [3.8, 4) is 5.75 Å². The zero-order valence-electron chi connectivity index (χ0n) is 7.57. The van der Waals surface area contributed by atoms with Crippen molar-refractivity contribution in [1.29, 1.82) is 0 Å². The van der Waals surface area contributed by atoms with Gasteiger partial charge in [0.25, 0.3) is 0 Å². The van der Waals surface area contributed by atoms with Crippen LogP contribution in [-0.2, 0) is 6.61 Å². The summed E-state index contributed by atoms with van der Waals surface area (Å²) in [6, 6.07) is 2.46. The lowest BCUT2D eigenvalue weighted by Crippen LogP contribution is -2.33. The van der Waals surface area contributed by atoms with Gasteiger partial charge < -0.3 is 19.9 Å². The van der Waals surface area contributed by atoms with Crippen molar-refractivity contribution < 1.29 is 24.3 Å². The van der Waals surface area contributed by atoms with Crippen molar-refractivity contribution >= 4 is 12.6 Å². The number of rotatable bonds is 3. The van der Waals surface area contributed by atoms with Gasteiger partial charge >= 0.3 is 7.12 Å². The molecule has 0 amide bonds. The van der Waals surface area contributed by atoms with Crippen LogP contribution in [0.1, 0.15) is 5.56 Å². The Kier molecular flexibility index (Phi) is 3.46. The number of hydrogen-bond acceptors (Lipinski definition) is 4. The summed E-state index contributed by atoms with van der Waals surface area (Å²) in [6.07, 6.45) is 0. The number of aliphatic hydroxyl groups is 1. The fraction of sp³-hybridized carbons (Fsp3) is 0.250. The first kappa shape index (κ1) is 11.0. The van der Waals surface area contributed by atoms with Gasteiger partial charge in [-0.2, -0.15) is 0 Å². The van der Waals surface area contributed by atoms with Crippen molar-refractivity contribution in [1.82, 2.24) is 0 Å². The van der Waals surface area contributed by atoms with E-state index >= 15 is 0 Å². The van der Waals surface area contributed by atoms with Gasteiger partial charge in [-0.15, -0.1) is 0 Å². The first-order valence-electron chi connectivity index (χ1n) is 3.93. The second-order valence-electron chi connectivity index (χ2n) is 2.72. The second kappa shape index (κ2) is 4.41. The molecule has 76 valence electrons. The molecule has 0 unspecified atom stereocenters. The lowest BCUT2D eigenvalue weighted by atomic mass is 9.79. The van der Waals surface area contributed by atoms with Crippen LogP contribution in [0.2, 0.25) is 0 Å². The summed E-state index contributed by atoms with van der Waals surface area (Å²) >= 11 is 0. The topological polar surface area (TPSA) is 69.9 Å². The smallest absolute Gasteiger partial charge is 0.491 e. The SMILES string of the molecule is COc1cc(CO)c(F)c(B(O)O)c1. The molecule has 0 heterocycles. The number of ether oxygens (including phenoxy) is 1. The van der Waals surface area contributed by atoms with Crippen LogP contribution < -0.4 is 10.2 Å². The quantitative estimate of drug-likeness (QED) is 0.547. The van der Waals surface area contributed by atoms with Gasteiger partial charge in [0.2, 0.25) is 0 Å². The molecule has 0 aromatic heterocycles. The van der Waals surface area contributed by atoms with E-state index in [1.807, 2.05) is 0 Å². The van der Waals surface area contributed by atoms with E-state index in [0.29, 0.717) is 0 Å². The lowest BCUT2D eigenvalue weighted by Gasteiger charge is -2.09. The maximum atomic E-state index is 13.3. The molecule has 6 heteroatoms. The molecule has 1 aromatic carbocycles. The van der Waals surface area contributed by atoms with Crippen LogP contribution in [0.25, 0.3) is 0 Å². The third kappa shape index (κ3) is 2.04. The average molecular weight is 200 g/mol. The first-order chi connectivity index (χ1) is 6.60. The van der Waals surface area contributed by atoms with E-state index in [4.69, 9.17) is 19.9 Å². The molecule has 0 aliphatic carbocycles. The second-order valence-corrected chi connectivity index (χ2v) is 2.72. The molecule has 1 aromatic rings. The fourth-order valence-electron chi connectivity index (χ4n) is 1.10. The minimum absolute atomic E-state index is 0.0348. The number of benzene rings is 1. The highest BCUT2D eigenvalue weighted by Gasteiger charge is 2.20. The van der Waals surface area contributed by atoms with Gasteiger partial charge in [0, 0.05) is 11.0 Å². The maximum absolute atomic E-state index is 13.3. The molecule has 0 bridgehead atoms. The zero-order chi connectivity index (χ0) is 10.7. The Hall–Kier alpha value is -1.11. The Morgan fingerprint density at radius 1 is 1.43 bits per heavy atom. The van der Waals surface area contributed by atoms with E-state index < -0.39 is 19.5 Å². The predicted octanol–water partition coefficient (Wildman–Crippen LogP) is -0.994. The monoisotopic (exact) mass is 200 g/mol. The van der Waals surface area contributed by atoms with E-state index in [1.165, 1.54) is 19.2 Å². The Balaban J connectivity index is 3.27. The van der Waals surface area contributed by atoms with Crippen molar-refractivity contribution in [2.45, 2.75) is 6.61 Å². The molecular formula is C8H10BFO4. The number of halogens is 1. The molecule has 0 saturated carbocycles. The Bertz CT molecular complexity index is 329. The number of hydrogen-bond donors (Lipinski definition) is 3. The normalized spacial score (nSPS) is 10.1. The molecule has 0 spiro atoms. The largest absolute Gasteiger partial charge is 0.497 e. The van der Waals surface area contributed by atoms with Gasteiger partial charge in [-0.3, -0.25) is 0 Å². The van der Waals surface area contributed by atoms with Crippen LogP contribution in [-0.4, -0.2) is 29.4 Å². The highest BCUT2D eigenvalue weighted by atomic mass is 19.1. The standard InChI is InChI=1S/C8H10BFO4/c1-14-6-2-5(4-11)8(10)7(3-6)9(12)13/h2-3,11-13H,4H2,1H3. The maximum Gasteiger partial charge on any atom is 0.491 e. The molecule has 1 rings (SSSR count). The third-order valence-corrected chi connectivity index (χ3v) is 1.83. The molecule has 0 radical (unpaired) electrons. The van der Waals surface area contributed by atoms with Crippen LogP contribution in [0.3, 0.4) is 0 Å². The van der Waals surface area contributed by atoms with Crippen LogP contribution in [0.4, 0.5) is 4.39 Å². The van der Waals surface area contributed by atoms with E-state index in [9.17, 15) is 4.39 Å². The van der Waals surface area contributed by atoms with E-state index in [2.05, 4.69) is 0 Å². The molecular weight excluding hydrogens is 190 g/mol. The van der Waals surface area contributed by atoms with Gasteiger partial charge in [-0.05, 0) is 12.1 Å². The summed E-state index contributed by atoms with van der Waals surface area (Å²) in [5.41, 5.74) is -0.346. The molecule has 4 nitrogen and oxygen atoms in total. The van der Waals surface area contributed by atoms with E-state index in [-0.39, 0.29) is 16.8 Å². The van der Waals surface area contributed by atoms with Gasteiger partial charge in [-0.25, -0.2) is 4.39 Å². The zero-order valence-corrected chi connectivity index (χ0v) is 7.57. The molecule has 0 atom stereocenters. The van der Waals surface area contributed by atoms with Crippen molar-refractivity contribution in [3.63, 3.8) is 0 Å². The highest BCUT2D eigenvalue weighted by Crippen LogP contribution is 2.15. The Morgan fingerprint density at radius 2 is 2.07 bits per heavy atom. The van der Waals surface area contributed by atoms with Crippen LogP contribution in [0.15, 0.2) is 12.1 Å². The summed E-state index contributed by atoms with van der Waals surface area (Å²) in [4.78, 5) is 0. The molecule has 0 saturated heterocycles. The number of aliphatic hydroxyl groups excluding tert-OH is 1. The Labute approximate surface area is 80.7 Å². The molecule has 0 fully saturated rings. The number of methoxy groups -OCH3 is 1. The van der Waals surface area contributed by atoms with E-state index in [1.54, 1.807) is 0 Å². The van der Waals surface area contributed by atoms with Gasteiger partial charge in [-0.1, -0.05) is 0 Å². The molecule has 14 heavy (non-hydrogen) atoms. The average Bonchev–Trinajstić information content (AvgIpc) is 2.17. The minimum Gasteiger partial charge on any atom is -0.497 e. The molecule has 3 N–H and O–H groups in total. The van der Waals surface area contributed by atoms with Gasteiger partial charge in [0.15, 0.2) is 0 Å². The van der Waals surface area contributed by atoms with Gasteiger partial charge in [0.1, 0.15) is 11.6 Å². The highest BCUT2D eigenvalue weighted by molar-refractivity contribution is 6.58. The fourth-order valence-corrected chi connectivity index (χ4v) is 1.10. The molecule has 0 aliphatic heterocycles.